The summed E-state index contributed by atoms with van der Waals surface area (Å²) in [5.74, 6) is 2.57. The van der Waals surface area contributed by atoms with Crippen molar-refractivity contribution in [2.75, 3.05) is 12.3 Å². The van der Waals surface area contributed by atoms with E-state index in [0.717, 1.165) is 23.7 Å². The molecule has 0 saturated carbocycles. The molecule has 0 radical (unpaired) electrons. The lowest BCUT2D eigenvalue weighted by atomic mass is 10.2. The van der Waals surface area contributed by atoms with E-state index in [1.807, 2.05) is 61.2 Å². The zero-order chi connectivity index (χ0) is 17.9. The molecule has 0 saturated heterocycles. The van der Waals surface area contributed by atoms with E-state index in [9.17, 15) is 4.79 Å². The maximum absolute atomic E-state index is 12.3. The van der Waals surface area contributed by atoms with Crippen LogP contribution in [0.15, 0.2) is 54.6 Å². The highest BCUT2D eigenvalue weighted by Crippen LogP contribution is 2.15. The minimum atomic E-state index is -0.438. The van der Waals surface area contributed by atoms with Gasteiger partial charge in [-0.3, -0.25) is 4.79 Å². The molecule has 0 heterocycles. The van der Waals surface area contributed by atoms with Crippen LogP contribution in [0.5, 0.6) is 5.75 Å². The van der Waals surface area contributed by atoms with Crippen molar-refractivity contribution in [1.82, 2.24) is 5.32 Å². The molecular formula is C21H27NO2S. The fourth-order valence-electron chi connectivity index (χ4n) is 2.41. The molecule has 4 heteroatoms. The molecule has 2 rings (SSSR count). The number of carbonyl (C=O) groups excluding carboxylic acids is 1. The van der Waals surface area contributed by atoms with E-state index in [2.05, 4.69) is 24.4 Å². The van der Waals surface area contributed by atoms with Gasteiger partial charge in [0.05, 0.1) is 0 Å². The van der Waals surface area contributed by atoms with Crippen molar-refractivity contribution >= 4 is 17.7 Å². The maximum Gasteiger partial charge on any atom is 0.261 e. The summed E-state index contributed by atoms with van der Waals surface area (Å²) in [4.78, 5) is 12.3. The van der Waals surface area contributed by atoms with E-state index in [0.29, 0.717) is 13.0 Å². The third-order valence-electron chi connectivity index (χ3n) is 3.93. The van der Waals surface area contributed by atoms with E-state index in [1.54, 1.807) is 0 Å². The Balaban J connectivity index is 1.70. The molecule has 1 atom stereocenters. The highest BCUT2D eigenvalue weighted by molar-refractivity contribution is 7.98. The van der Waals surface area contributed by atoms with Gasteiger partial charge < -0.3 is 10.1 Å². The summed E-state index contributed by atoms with van der Waals surface area (Å²) in [5, 5.41) is 2.98. The van der Waals surface area contributed by atoms with Crippen molar-refractivity contribution in [3.63, 3.8) is 0 Å². The minimum Gasteiger partial charge on any atom is -0.481 e. The number of amides is 1. The number of carbonyl (C=O) groups is 1. The second kappa shape index (κ2) is 10.8. The standard InChI is InChI=1S/C21H27NO2S/c1-3-17-10-12-19(13-11-17)24-20(4-2)21(23)22-14-15-25-16-18-8-6-5-7-9-18/h5-13,20H,3-4,14-16H2,1-2H3,(H,22,23). The summed E-state index contributed by atoms with van der Waals surface area (Å²) >= 11 is 1.82. The molecule has 0 aliphatic carbocycles. The van der Waals surface area contributed by atoms with Gasteiger partial charge >= 0.3 is 0 Å². The molecular weight excluding hydrogens is 330 g/mol. The molecule has 0 aliphatic heterocycles. The first-order valence-electron chi connectivity index (χ1n) is 8.88. The van der Waals surface area contributed by atoms with Gasteiger partial charge in [-0.15, -0.1) is 0 Å². The first kappa shape index (κ1) is 19.4. The summed E-state index contributed by atoms with van der Waals surface area (Å²) < 4.78 is 5.83. The summed E-state index contributed by atoms with van der Waals surface area (Å²) in [6, 6.07) is 18.3. The van der Waals surface area contributed by atoms with Gasteiger partial charge in [0.15, 0.2) is 6.10 Å². The second-order valence-corrected chi connectivity index (χ2v) is 6.95. The van der Waals surface area contributed by atoms with Gasteiger partial charge in [0, 0.05) is 18.1 Å². The van der Waals surface area contributed by atoms with Gasteiger partial charge in [0.25, 0.3) is 5.91 Å². The number of nitrogens with one attached hydrogen (secondary N) is 1. The van der Waals surface area contributed by atoms with Gasteiger partial charge in [-0.2, -0.15) is 11.8 Å². The van der Waals surface area contributed by atoms with Gasteiger partial charge in [-0.05, 0) is 36.1 Å². The zero-order valence-corrected chi connectivity index (χ0v) is 15.9. The number of benzene rings is 2. The maximum atomic E-state index is 12.3. The predicted octanol–water partition coefficient (Wildman–Crippen LogP) is 4.46. The number of rotatable bonds is 10. The van der Waals surface area contributed by atoms with E-state index in [-0.39, 0.29) is 5.91 Å². The van der Waals surface area contributed by atoms with E-state index in [1.165, 1.54) is 11.1 Å². The number of ether oxygens (including phenoxy) is 1. The van der Waals surface area contributed by atoms with E-state index in [4.69, 9.17) is 4.74 Å². The fraction of sp³-hybridized carbons (Fsp3) is 0.381. The molecule has 0 spiro atoms. The van der Waals surface area contributed by atoms with Crippen LogP contribution in [0.2, 0.25) is 0 Å². The molecule has 0 aliphatic rings. The van der Waals surface area contributed by atoms with Crippen LogP contribution in [0.3, 0.4) is 0 Å². The predicted molar refractivity (Wildman–Crippen MR) is 106 cm³/mol. The van der Waals surface area contributed by atoms with Crippen molar-refractivity contribution in [3.8, 4) is 5.75 Å². The molecule has 0 aromatic heterocycles. The Labute approximate surface area is 155 Å². The van der Waals surface area contributed by atoms with Crippen LogP contribution in [-0.4, -0.2) is 24.3 Å². The molecule has 134 valence electrons. The van der Waals surface area contributed by atoms with Crippen LogP contribution in [0.4, 0.5) is 0 Å². The van der Waals surface area contributed by atoms with E-state index < -0.39 is 6.10 Å². The molecule has 2 aromatic rings. The summed E-state index contributed by atoms with van der Waals surface area (Å²) in [7, 11) is 0. The Morgan fingerprint density at radius 1 is 1.04 bits per heavy atom. The first-order chi connectivity index (χ1) is 12.2. The first-order valence-corrected chi connectivity index (χ1v) is 10.0. The number of hydrogen-bond donors (Lipinski definition) is 1. The fourth-order valence-corrected chi connectivity index (χ4v) is 3.23. The molecule has 3 nitrogen and oxygen atoms in total. The summed E-state index contributed by atoms with van der Waals surface area (Å²) in [5.41, 5.74) is 2.57. The summed E-state index contributed by atoms with van der Waals surface area (Å²) in [6.07, 6.45) is 1.21. The Bertz CT molecular complexity index is 628. The quantitative estimate of drug-likeness (QED) is 0.638. The Morgan fingerprint density at radius 2 is 1.76 bits per heavy atom. The largest absolute Gasteiger partial charge is 0.481 e. The molecule has 0 bridgehead atoms. The van der Waals surface area contributed by atoms with Crippen LogP contribution in [0.1, 0.15) is 31.4 Å². The third-order valence-corrected chi connectivity index (χ3v) is 4.96. The van der Waals surface area contributed by atoms with Crippen LogP contribution in [-0.2, 0) is 17.0 Å². The smallest absolute Gasteiger partial charge is 0.261 e. The lowest BCUT2D eigenvalue weighted by Gasteiger charge is -2.17. The minimum absolute atomic E-state index is 0.0395. The molecule has 2 aromatic carbocycles. The third kappa shape index (κ3) is 6.83. The van der Waals surface area contributed by atoms with Gasteiger partial charge in [0.2, 0.25) is 0 Å². The van der Waals surface area contributed by atoms with Gasteiger partial charge in [0.1, 0.15) is 5.75 Å². The Kier molecular flexibility index (Phi) is 8.40. The Hall–Kier alpha value is -1.94. The lowest BCUT2D eigenvalue weighted by Crippen LogP contribution is -2.39. The van der Waals surface area contributed by atoms with Crippen molar-refractivity contribution in [2.24, 2.45) is 0 Å². The van der Waals surface area contributed by atoms with Crippen LogP contribution < -0.4 is 10.1 Å². The molecule has 25 heavy (non-hydrogen) atoms. The number of hydrogen-bond acceptors (Lipinski definition) is 3. The average Bonchev–Trinajstić information content (AvgIpc) is 2.67. The van der Waals surface area contributed by atoms with Gasteiger partial charge in [-0.1, -0.05) is 56.3 Å². The lowest BCUT2D eigenvalue weighted by molar-refractivity contribution is -0.127. The number of aryl methyl sites for hydroxylation is 1. The monoisotopic (exact) mass is 357 g/mol. The van der Waals surface area contributed by atoms with Crippen LogP contribution in [0.25, 0.3) is 0 Å². The molecule has 0 fully saturated rings. The van der Waals surface area contributed by atoms with Crippen molar-refractivity contribution in [1.29, 1.82) is 0 Å². The van der Waals surface area contributed by atoms with E-state index >= 15 is 0 Å². The van der Waals surface area contributed by atoms with Crippen molar-refractivity contribution < 1.29 is 9.53 Å². The molecule has 1 N–H and O–H groups in total. The highest BCUT2D eigenvalue weighted by Gasteiger charge is 2.17. The Morgan fingerprint density at radius 3 is 2.40 bits per heavy atom. The van der Waals surface area contributed by atoms with Crippen molar-refractivity contribution in [2.45, 2.75) is 38.5 Å². The zero-order valence-electron chi connectivity index (χ0n) is 15.0. The average molecular weight is 358 g/mol. The SMILES string of the molecule is CCc1ccc(OC(CC)C(=O)NCCSCc2ccccc2)cc1. The van der Waals surface area contributed by atoms with Crippen LogP contribution in [0, 0.1) is 0 Å². The molecule has 1 amide bonds. The van der Waals surface area contributed by atoms with Crippen molar-refractivity contribution in [3.05, 3.63) is 65.7 Å². The number of thioether (sulfide) groups is 1. The molecule has 1 unspecified atom stereocenters. The normalized spacial score (nSPS) is 11.8. The topological polar surface area (TPSA) is 38.3 Å². The second-order valence-electron chi connectivity index (χ2n) is 5.84. The summed E-state index contributed by atoms with van der Waals surface area (Å²) in [6.45, 7) is 4.74. The van der Waals surface area contributed by atoms with Crippen LogP contribution >= 0.6 is 11.8 Å². The van der Waals surface area contributed by atoms with Gasteiger partial charge in [-0.25, -0.2) is 0 Å². The highest BCUT2D eigenvalue weighted by atomic mass is 32.2.